The number of piperidine rings is 1. The Morgan fingerprint density at radius 3 is 2.84 bits per heavy atom. The van der Waals surface area contributed by atoms with Gasteiger partial charge in [0.05, 0.1) is 4.92 Å². The molecular formula is C19H19N3O3. The van der Waals surface area contributed by atoms with Crippen molar-refractivity contribution < 1.29 is 9.34 Å². The number of nitro groups is 1. The van der Waals surface area contributed by atoms with Crippen molar-refractivity contribution in [2.75, 3.05) is 13.1 Å². The normalized spacial score (nSPS) is 18.5. The summed E-state index contributed by atoms with van der Waals surface area (Å²) in [6.45, 7) is 2.32. The van der Waals surface area contributed by atoms with Gasteiger partial charge in [0.25, 0.3) is 5.69 Å². The molecule has 2 aromatic carbocycles. The molecule has 1 atom stereocenters. The van der Waals surface area contributed by atoms with E-state index in [0.29, 0.717) is 6.54 Å². The van der Waals surface area contributed by atoms with Crippen LogP contribution in [-0.4, -0.2) is 27.9 Å². The number of likely N-dealkylation sites (tertiary alicyclic amines) is 1. The highest BCUT2D eigenvalue weighted by Crippen LogP contribution is 2.30. The third kappa shape index (κ3) is 3.25. The second-order valence-corrected chi connectivity index (χ2v) is 6.48. The van der Waals surface area contributed by atoms with Gasteiger partial charge >= 0.3 is 0 Å². The van der Waals surface area contributed by atoms with Gasteiger partial charge in [0.2, 0.25) is 0 Å². The Morgan fingerprint density at radius 2 is 2.00 bits per heavy atom. The first-order valence-corrected chi connectivity index (χ1v) is 8.51. The van der Waals surface area contributed by atoms with E-state index < -0.39 is 0 Å². The molecule has 0 amide bonds. The fourth-order valence-electron chi connectivity index (χ4n) is 3.53. The highest BCUT2D eigenvalue weighted by Gasteiger charge is 2.26. The minimum Gasteiger partial charge on any atom is -0.440 e. The Kier molecular flexibility index (Phi) is 4.19. The molecule has 1 aliphatic heterocycles. The van der Waals surface area contributed by atoms with Crippen molar-refractivity contribution in [3.05, 3.63) is 70.1 Å². The van der Waals surface area contributed by atoms with Crippen LogP contribution in [0.1, 0.15) is 30.2 Å². The second kappa shape index (κ2) is 6.64. The smallest absolute Gasteiger partial charge is 0.273 e. The van der Waals surface area contributed by atoms with E-state index in [4.69, 9.17) is 4.42 Å². The number of fused-ring (bicyclic) bond motifs is 1. The molecule has 0 radical (unpaired) electrons. The molecule has 1 fully saturated rings. The van der Waals surface area contributed by atoms with Crippen LogP contribution in [0.2, 0.25) is 0 Å². The van der Waals surface area contributed by atoms with E-state index in [-0.39, 0.29) is 16.5 Å². The predicted octanol–water partition coefficient (Wildman–Crippen LogP) is 4.12. The molecule has 0 aliphatic carbocycles. The molecule has 6 heteroatoms. The summed E-state index contributed by atoms with van der Waals surface area (Å²) in [5.74, 6) is 0.998. The van der Waals surface area contributed by atoms with Gasteiger partial charge in [-0.3, -0.25) is 15.0 Å². The molecule has 0 spiro atoms. The first-order chi connectivity index (χ1) is 12.2. The first-order valence-electron chi connectivity index (χ1n) is 8.51. The molecule has 0 N–H and O–H groups in total. The zero-order chi connectivity index (χ0) is 17.2. The summed E-state index contributed by atoms with van der Waals surface area (Å²) >= 11 is 0. The Labute approximate surface area is 145 Å². The minimum atomic E-state index is -0.308. The van der Waals surface area contributed by atoms with Crippen LogP contribution < -0.4 is 0 Å². The maximum absolute atomic E-state index is 11.2. The van der Waals surface area contributed by atoms with Gasteiger partial charge < -0.3 is 4.42 Å². The summed E-state index contributed by atoms with van der Waals surface area (Å²) in [6.07, 6.45) is 2.06. The summed E-state index contributed by atoms with van der Waals surface area (Å²) in [6, 6.07) is 14.7. The molecule has 128 valence electrons. The molecule has 4 rings (SSSR count). The number of hydrogen-bond acceptors (Lipinski definition) is 5. The van der Waals surface area contributed by atoms with E-state index in [0.717, 1.165) is 48.5 Å². The van der Waals surface area contributed by atoms with Gasteiger partial charge in [0, 0.05) is 30.6 Å². The lowest BCUT2D eigenvalue weighted by Crippen LogP contribution is -2.34. The third-order valence-corrected chi connectivity index (χ3v) is 4.75. The first kappa shape index (κ1) is 15.8. The number of hydrogen-bond donors (Lipinski definition) is 0. The summed E-state index contributed by atoms with van der Waals surface area (Å²) in [4.78, 5) is 17.8. The van der Waals surface area contributed by atoms with E-state index in [9.17, 15) is 10.1 Å². The quantitative estimate of drug-likeness (QED) is 0.529. The Balaban J connectivity index is 1.52. The summed E-state index contributed by atoms with van der Waals surface area (Å²) in [7, 11) is 0. The van der Waals surface area contributed by atoms with Crippen LogP contribution in [0.4, 0.5) is 5.69 Å². The third-order valence-electron chi connectivity index (χ3n) is 4.75. The van der Waals surface area contributed by atoms with Crippen molar-refractivity contribution in [2.24, 2.45) is 0 Å². The molecule has 2 heterocycles. The molecular weight excluding hydrogens is 318 g/mol. The number of nitrogens with zero attached hydrogens (tertiary/aromatic N) is 3. The van der Waals surface area contributed by atoms with Crippen molar-refractivity contribution in [3.63, 3.8) is 0 Å². The highest BCUT2D eigenvalue weighted by atomic mass is 16.6. The van der Waals surface area contributed by atoms with Crippen molar-refractivity contribution in [1.29, 1.82) is 0 Å². The maximum Gasteiger partial charge on any atom is 0.273 e. The van der Waals surface area contributed by atoms with Gasteiger partial charge in [-0.1, -0.05) is 30.3 Å². The lowest BCUT2D eigenvalue weighted by atomic mass is 9.97. The number of oxazole rings is 1. The fraction of sp³-hybridized carbons (Fsp3) is 0.316. The van der Waals surface area contributed by atoms with Crippen molar-refractivity contribution in [3.8, 4) is 0 Å². The summed E-state index contributed by atoms with van der Waals surface area (Å²) in [5, 5.41) is 11.2. The topological polar surface area (TPSA) is 72.4 Å². The fourth-order valence-corrected chi connectivity index (χ4v) is 3.53. The van der Waals surface area contributed by atoms with Gasteiger partial charge in [-0.2, -0.15) is 0 Å². The minimum absolute atomic E-state index is 0.187. The van der Waals surface area contributed by atoms with Gasteiger partial charge in [-0.05, 0) is 31.5 Å². The van der Waals surface area contributed by atoms with Gasteiger partial charge in [-0.25, -0.2) is 4.98 Å². The Hall–Kier alpha value is -2.73. The van der Waals surface area contributed by atoms with E-state index in [1.165, 1.54) is 0 Å². The number of aromatic nitrogens is 1. The number of para-hydroxylation sites is 3. The molecule has 25 heavy (non-hydrogen) atoms. The van der Waals surface area contributed by atoms with Crippen LogP contribution in [-0.2, 0) is 6.54 Å². The molecule has 1 saturated heterocycles. The van der Waals surface area contributed by atoms with E-state index in [1.54, 1.807) is 12.1 Å². The molecule has 1 aliphatic rings. The van der Waals surface area contributed by atoms with Crippen LogP contribution in [0.3, 0.4) is 0 Å². The van der Waals surface area contributed by atoms with E-state index in [2.05, 4.69) is 9.88 Å². The highest BCUT2D eigenvalue weighted by molar-refractivity contribution is 5.72. The largest absolute Gasteiger partial charge is 0.440 e. The molecule has 6 nitrogen and oxygen atoms in total. The van der Waals surface area contributed by atoms with E-state index >= 15 is 0 Å². The molecule has 1 aromatic heterocycles. The lowest BCUT2D eigenvalue weighted by Gasteiger charge is -2.31. The molecule has 0 bridgehead atoms. The van der Waals surface area contributed by atoms with Gasteiger partial charge in [0.1, 0.15) is 5.52 Å². The van der Waals surface area contributed by atoms with E-state index in [1.807, 2.05) is 36.4 Å². The van der Waals surface area contributed by atoms with Crippen LogP contribution in [0.5, 0.6) is 0 Å². The Morgan fingerprint density at radius 1 is 1.20 bits per heavy atom. The molecule has 0 unspecified atom stereocenters. The predicted molar refractivity (Wildman–Crippen MR) is 94.4 cm³/mol. The summed E-state index contributed by atoms with van der Waals surface area (Å²) < 4.78 is 5.92. The van der Waals surface area contributed by atoms with Crippen molar-refractivity contribution >= 4 is 16.8 Å². The monoisotopic (exact) mass is 337 g/mol. The zero-order valence-corrected chi connectivity index (χ0v) is 13.8. The van der Waals surface area contributed by atoms with Crippen LogP contribution in [0, 0.1) is 10.1 Å². The van der Waals surface area contributed by atoms with Crippen molar-refractivity contribution in [2.45, 2.75) is 25.3 Å². The summed E-state index contributed by atoms with van der Waals surface area (Å²) in [5.41, 5.74) is 2.64. The standard InChI is InChI=1S/C19H19N3O3/c23-22(24)17-9-3-1-6-14(17)12-21-11-5-7-15(13-21)19-20-16-8-2-4-10-18(16)25-19/h1-4,6,8-10,15H,5,7,11-13H2/t15-/m1/s1. The van der Waals surface area contributed by atoms with Gasteiger partial charge in [0.15, 0.2) is 11.5 Å². The average molecular weight is 337 g/mol. The number of benzene rings is 2. The zero-order valence-electron chi connectivity index (χ0n) is 13.8. The lowest BCUT2D eigenvalue weighted by molar-refractivity contribution is -0.385. The van der Waals surface area contributed by atoms with Crippen LogP contribution in [0.25, 0.3) is 11.1 Å². The second-order valence-electron chi connectivity index (χ2n) is 6.48. The maximum atomic E-state index is 11.2. The molecule has 3 aromatic rings. The number of nitro benzene ring substituents is 1. The van der Waals surface area contributed by atoms with Crippen LogP contribution in [0.15, 0.2) is 52.9 Å². The number of rotatable bonds is 4. The van der Waals surface area contributed by atoms with Gasteiger partial charge in [-0.15, -0.1) is 0 Å². The van der Waals surface area contributed by atoms with Crippen LogP contribution >= 0.6 is 0 Å². The van der Waals surface area contributed by atoms with Crippen molar-refractivity contribution in [1.82, 2.24) is 9.88 Å². The molecule has 0 saturated carbocycles. The SMILES string of the molecule is O=[N+]([O-])c1ccccc1CN1CCC[C@@H](c2nc3ccccc3o2)C1. The Bertz CT molecular complexity index is 873. The average Bonchev–Trinajstić information content (AvgIpc) is 3.06.